The molecule has 32 heavy (non-hydrogen) atoms. The maximum absolute atomic E-state index is 13.3. The van der Waals surface area contributed by atoms with E-state index in [1.165, 1.54) is 13.5 Å². The molecule has 3 heterocycles. The normalized spacial score (nSPS) is 22.2. The first kappa shape index (κ1) is 22.9. The minimum Gasteiger partial charge on any atom is -0.496 e. The molecule has 3 fully saturated rings. The number of rotatable bonds is 4. The summed E-state index contributed by atoms with van der Waals surface area (Å²) in [6, 6.07) is 4.48. The van der Waals surface area contributed by atoms with Gasteiger partial charge in [-0.15, -0.1) is 0 Å². The highest BCUT2D eigenvalue weighted by molar-refractivity contribution is 6.31. The SMILES string of the molecule is COc1ccc(Cl)cc1C(=O)N1CCC[C@@H]1C(=O)N1CCC(C(=O)N2CCCCC2)CC1. The number of piperidine rings is 2. The van der Waals surface area contributed by atoms with Crippen LogP contribution in [-0.2, 0) is 9.59 Å². The van der Waals surface area contributed by atoms with Gasteiger partial charge in [-0.1, -0.05) is 11.6 Å². The Labute approximate surface area is 194 Å². The van der Waals surface area contributed by atoms with Crippen molar-refractivity contribution in [2.24, 2.45) is 5.92 Å². The molecule has 3 saturated heterocycles. The molecule has 4 rings (SSSR count). The Balaban J connectivity index is 1.38. The van der Waals surface area contributed by atoms with E-state index in [4.69, 9.17) is 16.3 Å². The van der Waals surface area contributed by atoms with Gasteiger partial charge < -0.3 is 19.4 Å². The summed E-state index contributed by atoms with van der Waals surface area (Å²) < 4.78 is 5.34. The molecule has 0 N–H and O–H groups in total. The minimum absolute atomic E-state index is 0.00850. The van der Waals surface area contributed by atoms with Crippen LogP contribution in [0.25, 0.3) is 0 Å². The zero-order valence-electron chi connectivity index (χ0n) is 18.7. The first-order valence-corrected chi connectivity index (χ1v) is 12.1. The summed E-state index contributed by atoms with van der Waals surface area (Å²) in [5.41, 5.74) is 0.380. The number of likely N-dealkylation sites (tertiary alicyclic amines) is 3. The number of nitrogens with zero attached hydrogens (tertiary/aromatic N) is 3. The summed E-state index contributed by atoms with van der Waals surface area (Å²) in [5.74, 6) is 0.474. The van der Waals surface area contributed by atoms with Crippen molar-refractivity contribution in [1.29, 1.82) is 0 Å². The number of carbonyl (C=O) groups is 3. The lowest BCUT2D eigenvalue weighted by atomic mass is 9.93. The minimum atomic E-state index is -0.472. The smallest absolute Gasteiger partial charge is 0.258 e. The number of carbonyl (C=O) groups excluding carboxylic acids is 3. The molecule has 0 radical (unpaired) electrons. The highest BCUT2D eigenvalue weighted by Crippen LogP contribution is 2.29. The molecule has 8 heteroatoms. The largest absolute Gasteiger partial charge is 0.496 e. The van der Waals surface area contributed by atoms with Crippen molar-refractivity contribution in [2.75, 3.05) is 39.8 Å². The van der Waals surface area contributed by atoms with Crippen molar-refractivity contribution in [3.05, 3.63) is 28.8 Å². The first-order chi connectivity index (χ1) is 15.5. The number of benzene rings is 1. The van der Waals surface area contributed by atoms with Gasteiger partial charge in [0.1, 0.15) is 11.8 Å². The maximum atomic E-state index is 13.3. The van der Waals surface area contributed by atoms with Crippen LogP contribution in [0.5, 0.6) is 5.75 Å². The standard InChI is InChI=1S/C24H32ClN3O4/c1-32-21-8-7-18(25)16-19(21)23(30)28-13-5-6-20(28)24(31)27-14-9-17(10-15-27)22(29)26-11-3-2-4-12-26/h7-8,16-17,20H,2-6,9-15H2,1H3/t20-/m1/s1. The van der Waals surface area contributed by atoms with Crippen molar-refractivity contribution >= 4 is 29.3 Å². The third-order valence-electron chi connectivity index (χ3n) is 7.01. The Hall–Kier alpha value is -2.28. The van der Waals surface area contributed by atoms with E-state index in [-0.39, 0.29) is 23.6 Å². The van der Waals surface area contributed by atoms with Gasteiger partial charge in [-0.05, 0) is 63.1 Å². The summed E-state index contributed by atoms with van der Waals surface area (Å²) in [5, 5.41) is 0.455. The molecule has 0 spiro atoms. The Morgan fingerprint density at radius 3 is 2.25 bits per heavy atom. The average Bonchev–Trinajstić information content (AvgIpc) is 3.33. The van der Waals surface area contributed by atoms with E-state index in [1.807, 2.05) is 9.80 Å². The molecule has 1 atom stereocenters. The number of halogens is 1. The fraction of sp³-hybridized carbons (Fsp3) is 0.625. The third kappa shape index (κ3) is 4.72. The molecule has 0 aromatic heterocycles. The second-order valence-electron chi connectivity index (χ2n) is 8.99. The third-order valence-corrected chi connectivity index (χ3v) is 7.25. The van der Waals surface area contributed by atoms with Crippen LogP contribution in [0.15, 0.2) is 18.2 Å². The maximum Gasteiger partial charge on any atom is 0.258 e. The van der Waals surface area contributed by atoms with Crippen LogP contribution >= 0.6 is 11.6 Å². The summed E-state index contributed by atoms with van der Waals surface area (Å²) in [6.07, 6.45) is 6.22. The van der Waals surface area contributed by atoms with Crippen LogP contribution < -0.4 is 4.74 Å². The van der Waals surface area contributed by atoms with E-state index < -0.39 is 6.04 Å². The highest BCUT2D eigenvalue weighted by Gasteiger charge is 2.39. The van der Waals surface area contributed by atoms with Crippen LogP contribution in [0.2, 0.25) is 5.02 Å². The van der Waals surface area contributed by atoms with Crippen molar-refractivity contribution in [2.45, 2.75) is 51.0 Å². The Bertz CT molecular complexity index is 863. The van der Waals surface area contributed by atoms with Gasteiger partial charge >= 0.3 is 0 Å². The Kier molecular flexibility index (Phi) is 7.23. The van der Waals surface area contributed by atoms with Gasteiger partial charge in [-0.25, -0.2) is 0 Å². The number of amides is 3. The van der Waals surface area contributed by atoms with Crippen LogP contribution in [0, 0.1) is 5.92 Å². The molecule has 0 bridgehead atoms. The van der Waals surface area contributed by atoms with Crippen LogP contribution in [0.1, 0.15) is 55.3 Å². The summed E-state index contributed by atoms with van der Waals surface area (Å²) in [7, 11) is 1.52. The molecule has 0 aliphatic carbocycles. The van der Waals surface area contributed by atoms with Gasteiger partial charge in [0.05, 0.1) is 12.7 Å². The van der Waals surface area contributed by atoms with Gasteiger partial charge in [0.2, 0.25) is 11.8 Å². The zero-order chi connectivity index (χ0) is 22.7. The number of ether oxygens (including phenoxy) is 1. The molecule has 1 aromatic rings. The number of hydrogen-bond donors (Lipinski definition) is 0. The summed E-state index contributed by atoms with van der Waals surface area (Å²) >= 11 is 6.11. The zero-order valence-corrected chi connectivity index (χ0v) is 19.5. The Morgan fingerprint density at radius 2 is 1.56 bits per heavy atom. The van der Waals surface area contributed by atoms with E-state index in [9.17, 15) is 14.4 Å². The first-order valence-electron chi connectivity index (χ1n) is 11.7. The number of methoxy groups -OCH3 is 1. The van der Waals surface area contributed by atoms with Crippen LogP contribution in [0.3, 0.4) is 0 Å². The monoisotopic (exact) mass is 461 g/mol. The lowest BCUT2D eigenvalue weighted by molar-refractivity contribution is -0.143. The predicted molar refractivity (Wildman–Crippen MR) is 122 cm³/mol. The lowest BCUT2D eigenvalue weighted by Gasteiger charge is -2.37. The highest BCUT2D eigenvalue weighted by atomic mass is 35.5. The second-order valence-corrected chi connectivity index (χ2v) is 9.42. The fourth-order valence-electron chi connectivity index (χ4n) is 5.20. The molecule has 3 aliphatic heterocycles. The quantitative estimate of drug-likeness (QED) is 0.690. The molecule has 7 nitrogen and oxygen atoms in total. The molecule has 0 unspecified atom stereocenters. The summed E-state index contributed by atoms with van der Waals surface area (Å²) in [6.45, 7) is 3.41. The van der Waals surface area contributed by atoms with Gasteiger partial charge in [0.25, 0.3) is 5.91 Å². The lowest BCUT2D eigenvalue weighted by Crippen LogP contribution is -2.51. The van der Waals surface area contributed by atoms with Crippen LogP contribution in [0.4, 0.5) is 0 Å². The molecule has 1 aromatic carbocycles. The van der Waals surface area contributed by atoms with E-state index in [0.717, 1.165) is 32.4 Å². The summed E-state index contributed by atoms with van der Waals surface area (Å²) in [4.78, 5) is 44.9. The molecular weight excluding hydrogens is 430 g/mol. The van der Waals surface area contributed by atoms with Gasteiger partial charge in [0, 0.05) is 43.7 Å². The fourth-order valence-corrected chi connectivity index (χ4v) is 5.37. The average molecular weight is 462 g/mol. The van der Waals surface area contributed by atoms with Crippen molar-refractivity contribution < 1.29 is 19.1 Å². The van der Waals surface area contributed by atoms with E-state index in [0.29, 0.717) is 55.2 Å². The van der Waals surface area contributed by atoms with E-state index in [1.54, 1.807) is 23.1 Å². The topological polar surface area (TPSA) is 70.2 Å². The molecule has 3 amide bonds. The van der Waals surface area contributed by atoms with Crippen molar-refractivity contribution in [1.82, 2.24) is 14.7 Å². The van der Waals surface area contributed by atoms with Crippen molar-refractivity contribution in [3.63, 3.8) is 0 Å². The van der Waals surface area contributed by atoms with E-state index >= 15 is 0 Å². The van der Waals surface area contributed by atoms with Crippen LogP contribution in [-0.4, -0.2) is 78.3 Å². The molecule has 3 aliphatic rings. The van der Waals surface area contributed by atoms with Gasteiger partial charge in [-0.2, -0.15) is 0 Å². The molecule has 0 saturated carbocycles. The predicted octanol–water partition coefficient (Wildman–Crippen LogP) is 3.20. The van der Waals surface area contributed by atoms with E-state index in [2.05, 4.69) is 0 Å². The Morgan fingerprint density at radius 1 is 0.875 bits per heavy atom. The number of hydrogen-bond acceptors (Lipinski definition) is 4. The van der Waals surface area contributed by atoms with Gasteiger partial charge in [0.15, 0.2) is 0 Å². The molecular formula is C24H32ClN3O4. The van der Waals surface area contributed by atoms with Gasteiger partial charge in [-0.3, -0.25) is 14.4 Å². The second kappa shape index (κ2) is 10.1. The van der Waals surface area contributed by atoms with Crippen molar-refractivity contribution in [3.8, 4) is 5.75 Å². The molecule has 174 valence electrons.